The number of rotatable bonds is 4. The van der Waals surface area contributed by atoms with E-state index in [1.807, 2.05) is 0 Å². The monoisotopic (exact) mass is 349 g/mol. The highest BCUT2D eigenvalue weighted by Crippen LogP contribution is 2.28. The van der Waals surface area contributed by atoms with Gasteiger partial charge in [-0.15, -0.1) is 0 Å². The van der Waals surface area contributed by atoms with Gasteiger partial charge in [0.2, 0.25) is 0 Å². The maximum Gasteiger partial charge on any atom is 0.264 e. The minimum Gasteiger partial charge on any atom is -0.392 e. The molecule has 21 heavy (non-hydrogen) atoms. The fourth-order valence-electron chi connectivity index (χ4n) is 1.64. The van der Waals surface area contributed by atoms with Crippen molar-refractivity contribution in [2.75, 3.05) is 4.72 Å². The first-order valence-electron chi connectivity index (χ1n) is 5.70. The summed E-state index contributed by atoms with van der Waals surface area (Å²) in [5.74, 6) is -0.966. The molecule has 2 aromatic rings. The van der Waals surface area contributed by atoms with Gasteiger partial charge in [0, 0.05) is 5.02 Å². The Morgan fingerprint density at radius 1 is 1.14 bits per heavy atom. The molecule has 0 fully saturated rings. The quantitative estimate of drug-likeness (QED) is 0.888. The Morgan fingerprint density at radius 3 is 2.48 bits per heavy atom. The minimum atomic E-state index is -4.16. The van der Waals surface area contributed by atoms with Crippen LogP contribution in [0.4, 0.5) is 10.1 Å². The number of aliphatic hydroxyl groups excluding tert-OH is 1. The van der Waals surface area contributed by atoms with Crippen LogP contribution < -0.4 is 4.72 Å². The molecule has 0 spiro atoms. The first kappa shape index (κ1) is 16.0. The number of benzene rings is 2. The highest BCUT2D eigenvalue weighted by Gasteiger charge is 2.20. The van der Waals surface area contributed by atoms with E-state index in [0.29, 0.717) is 0 Å². The predicted octanol–water partition coefficient (Wildman–Crippen LogP) is 3.43. The lowest BCUT2D eigenvalue weighted by molar-refractivity contribution is 0.281. The summed E-state index contributed by atoms with van der Waals surface area (Å²) in [6.07, 6.45) is 0. The Balaban J connectivity index is 2.41. The molecule has 2 N–H and O–H groups in total. The molecule has 0 aliphatic carbocycles. The molecule has 0 saturated carbocycles. The highest BCUT2D eigenvalue weighted by molar-refractivity contribution is 7.92. The molecule has 0 unspecified atom stereocenters. The van der Waals surface area contributed by atoms with Crippen molar-refractivity contribution in [3.8, 4) is 0 Å². The molecule has 0 atom stereocenters. The molecular weight excluding hydrogens is 340 g/mol. The molecule has 0 saturated heterocycles. The zero-order valence-electron chi connectivity index (χ0n) is 10.5. The SMILES string of the molecule is O=S(=O)(Nc1cc(Cl)ccc1Cl)c1ccc(CO)cc1F. The van der Waals surface area contributed by atoms with Gasteiger partial charge in [-0.1, -0.05) is 29.3 Å². The third-order valence-corrected chi connectivity index (χ3v) is 4.60. The van der Waals surface area contributed by atoms with Gasteiger partial charge in [-0.25, -0.2) is 12.8 Å². The maximum absolute atomic E-state index is 13.8. The van der Waals surface area contributed by atoms with Crippen LogP contribution in [-0.2, 0) is 16.6 Å². The zero-order chi connectivity index (χ0) is 15.6. The van der Waals surface area contributed by atoms with Crippen LogP contribution in [0.1, 0.15) is 5.56 Å². The van der Waals surface area contributed by atoms with Gasteiger partial charge < -0.3 is 5.11 Å². The summed E-state index contributed by atoms with van der Waals surface area (Å²) in [5, 5.41) is 9.31. The number of anilines is 1. The lowest BCUT2D eigenvalue weighted by Gasteiger charge is -2.11. The van der Waals surface area contributed by atoms with Crippen molar-refractivity contribution in [1.82, 2.24) is 0 Å². The molecule has 2 aromatic carbocycles. The maximum atomic E-state index is 13.8. The molecular formula is C13H10Cl2FNO3S. The number of nitrogens with one attached hydrogen (secondary N) is 1. The summed E-state index contributed by atoms with van der Waals surface area (Å²) in [6.45, 7) is -0.384. The molecule has 0 amide bonds. The highest BCUT2D eigenvalue weighted by atomic mass is 35.5. The van der Waals surface area contributed by atoms with Crippen molar-refractivity contribution in [3.05, 3.63) is 57.8 Å². The van der Waals surface area contributed by atoms with Gasteiger partial charge in [0.15, 0.2) is 0 Å². The molecule has 4 nitrogen and oxygen atoms in total. The fourth-order valence-corrected chi connectivity index (χ4v) is 3.16. The average molecular weight is 350 g/mol. The van der Waals surface area contributed by atoms with E-state index in [-0.39, 0.29) is 27.9 Å². The normalized spacial score (nSPS) is 11.4. The van der Waals surface area contributed by atoms with E-state index in [1.54, 1.807) is 0 Å². The van der Waals surface area contributed by atoms with Crippen LogP contribution in [0.25, 0.3) is 0 Å². The third-order valence-electron chi connectivity index (χ3n) is 2.64. The van der Waals surface area contributed by atoms with Crippen LogP contribution in [0.5, 0.6) is 0 Å². The van der Waals surface area contributed by atoms with E-state index in [9.17, 15) is 12.8 Å². The van der Waals surface area contributed by atoms with Gasteiger partial charge in [0.25, 0.3) is 10.0 Å². The van der Waals surface area contributed by atoms with E-state index in [2.05, 4.69) is 4.72 Å². The summed E-state index contributed by atoms with van der Waals surface area (Å²) in [7, 11) is -4.16. The van der Waals surface area contributed by atoms with E-state index in [0.717, 1.165) is 12.1 Å². The number of sulfonamides is 1. The summed E-state index contributed by atoms with van der Waals surface area (Å²) in [6, 6.07) is 7.58. The second-order valence-corrected chi connectivity index (χ2v) is 6.65. The largest absolute Gasteiger partial charge is 0.392 e. The van der Waals surface area contributed by atoms with Crippen LogP contribution in [0, 0.1) is 5.82 Å². The van der Waals surface area contributed by atoms with Gasteiger partial charge >= 0.3 is 0 Å². The topological polar surface area (TPSA) is 66.4 Å². The molecule has 0 heterocycles. The Morgan fingerprint density at radius 2 is 1.86 bits per heavy atom. The van der Waals surface area contributed by atoms with E-state index in [1.165, 1.54) is 24.3 Å². The molecule has 0 aliphatic heterocycles. The standard InChI is InChI=1S/C13H10Cl2FNO3S/c14-9-2-3-10(15)12(6-9)17-21(19,20)13-4-1-8(7-18)5-11(13)16/h1-6,17-18H,7H2. The Hall–Kier alpha value is -1.34. The zero-order valence-corrected chi connectivity index (χ0v) is 12.8. The van der Waals surface area contributed by atoms with E-state index in [4.69, 9.17) is 28.3 Å². The van der Waals surface area contributed by atoms with Crippen molar-refractivity contribution in [3.63, 3.8) is 0 Å². The molecule has 0 radical (unpaired) electrons. The van der Waals surface area contributed by atoms with Crippen LogP contribution in [0.3, 0.4) is 0 Å². The van der Waals surface area contributed by atoms with Crippen LogP contribution in [-0.4, -0.2) is 13.5 Å². The molecule has 0 bridgehead atoms. The molecule has 0 aliphatic rings. The van der Waals surface area contributed by atoms with Gasteiger partial charge in [-0.3, -0.25) is 4.72 Å². The first-order chi connectivity index (χ1) is 9.83. The predicted molar refractivity (Wildman–Crippen MR) is 79.6 cm³/mol. The number of hydrogen-bond donors (Lipinski definition) is 2. The Labute approximate surface area is 131 Å². The van der Waals surface area contributed by atoms with E-state index >= 15 is 0 Å². The summed E-state index contributed by atoms with van der Waals surface area (Å²) < 4.78 is 40.3. The number of hydrogen-bond acceptors (Lipinski definition) is 3. The second kappa shape index (κ2) is 6.19. The number of aliphatic hydroxyl groups is 1. The smallest absolute Gasteiger partial charge is 0.264 e. The van der Waals surface area contributed by atoms with Crippen molar-refractivity contribution < 1.29 is 17.9 Å². The first-order valence-corrected chi connectivity index (χ1v) is 7.94. The molecule has 112 valence electrons. The lowest BCUT2D eigenvalue weighted by Crippen LogP contribution is -2.15. The van der Waals surface area contributed by atoms with Gasteiger partial charge in [0.05, 0.1) is 17.3 Å². The van der Waals surface area contributed by atoms with Crippen LogP contribution in [0.15, 0.2) is 41.3 Å². The molecule has 0 aromatic heterocycles. The van der Waals surface area contributed by atoms with Crippen molar-refractivity contribution in [2.45, 2.75) is 11.5 Å². The van der Waals surface area contributed by atoms with Gasteiger partial charge in [0.1, 0.15) is 10.7 Å². The van der Waals surface area contributed by atoms with Crippen molar-refractivity contribution in [2.24, 2.45) is 0 Å². The lowest BCUT2D eigenvalue weighted by atomic mass is 10.2. The Bertz CT molecular complexity index is 781. The third kappa shape index (κ3) is 3.65. The van der Waals surface area contributed by atoms with Gasteiger partial charge in [-0.05, 0) is 35.9 Å². The number of halogens is 3. The Kier molecular flexibility index (Phi) is 4.73. The van der Waals surface area contributed by atoms with E-state index < -0.39 is 20.7 Å². The van der Waals surface area contributed by atoms with Crippen LogP contribution in [0.2, 0.25) is 10.0 Å². The molecule has 8 heteroatoms. The molecule has 2 rings (SSSR count). The fraction of sp³-hybridized carbons (Fsp3) is 0.0769. The summed E-state index contributed by atoms with van der Waals surface area (Å²) in [4.78, 5) is -0.546. The van der Waals surface area contributed by atoms with Crippen LogP contribution >= 0.6 is 23.2 Å². The van der Waals surface area contributed by atoms with Crippen molar-refractivity contribution >= 4 is 38.9 Å². The average Bonchev–Trinajstić information content (AvgIpc) is 2.42. The summed E-state index contributed by atoms with van der Waals surface area (Å²) in [5.41, 5.74) is 0.321. The van der Waals surface area contributed by atoms with Crippen molar-refractivity contribution in [1.29, 1.82) is 0 Å². The van der Waals surface area contributed by atoms with Gasteiger partial charge in [-0.2, -0.15) is 0 Å². The second-order valence-electron chi connectivity index (χ2n) is 4.15. The minimum absolute atomic E-state index is 0.0507. The summed E-state index contributed by atoms with van der Waals surface area (Å²) >= 11 is 11.6.